The summed E-state index contributed by atoms with van der Waals surface area (Å²) in [7, 11) is 0. The van der Waals surface area contributed by atoms with Crippen molar-refractivity contribution in [2.75, 3.05) is 18.2 Å². The highest BCUT2D eigenvalue weighted by Crippen LogP contribution is 2.18. The van der Waals surface area contributed by atoms with Crippen LogP contribution in [-0.2, 0) is 14.3 Å². The van der Waals surface area contributed by atoms with Crippen LogP contribution in [0.5, 0.6) is 0 Å². The standard InChI is InChI=1S/C24H29N5O6S/c1-4-6-12-17(22(32)33)27-21(31)18(28-20(30)15-10-8-7-9-11-15)14-25-19-16(23(34)35-5-2)13-26-24(29-19)36-3/h7-11,13-14,17H,4-6,12H2,1-3H3,(H,27,31)(H,28,30)(H,32,33)(H,25,26,29)/b18-14-. The third-order valence-corrected chi connectivity index (χ3v) is 5.34. The summed E-state index contributed by atoms with van der Waals surface area (Å²) >= 11 is 1.24. The molecular weight excluding hydrogens is 486 g/mol. The summed E-state index contributed by atoms with van der Waals surface area (Å²) in [6.07, 6.45) is 5.74. The molecule has 36 heavy (non-hydrogen) atoms. The number of thioether (sulfide) groups is 1. The number of carboxylic acid groups (broad SMARTS) is 1. The molecule has 0 aliphatic heterocycles. The number of hydrogen-bond acceptors (Lipinski definition) is 9. The molecule has 1 aromatic carbocycles. The van der Waals surface area contributed by atoms with Gasteiger partial charge in [0.25, 0.3) is 11.8 Å². The van der Waals surface area contributed by atoms with E-state index in [-0.39, 0.29) is 35.7 Å². The smallest absolute Gasteiger partial charge is 0.343 e. The van der Waals surface area contributed by atoms with E-state index in [0.717, 1.165) is 12.6 Å². The number of nitrogens with zero attached hydrogens (tertiary/aromatic N) is 2. The van der Waals surface area contributed by atoms with Crippen molar-refractivity contribution >= 4 is 41.3 Å². The lowest BCUT2D eigenvalue weighted by molar-refractivity contribution is -0.141. The predicted octanol–water partition coefficient (Wildman–Crippen LogP) is 2.82. The molecule has 0 fully saturated rings. The quantitative estimate of drug-likeness (QED) is 0.135. The summed E-state index contributed by atoms with van der Waals surface area (Å²) in [5.74, 6) is -3.23. The molecule has 0 saturated heterocycles. The first-order chi connectivity index (χ1) is 17.3. The number of amides is 2. The Hall–Kier alpha value is -3.93. The molecule has 1 aromatic heterocycles. The van der Waals surface area contributed by atoms with Gasteiger partial charge in [0, 0.05) is 18.0 Å². The van der Waals surface area contributed by atoms with E-state index < -0.39 is 29.8 Å². The van der Waals surface area contributed by atoms with E-state index in [1.807, 2.05) is 6.92 Å². The minimum absolute atomic E-state index is 0.0198. The largest absolute Gasteiger partial charge is 0.480 e. The highest BCUT2D eigenvalue weighted by atomic mass is 32.2. The van der Waals surface area contributed by atoms with Crippen LogP contribution in [0.25, 0.3) is 0 Å². The summed E-state index contributed by atoms with van der Waals surface area (Å²) in [6, 6.07) is 7.05. The molecule has 11 nitrogen and oxygen atoms in total. The molecule has 0 saturated carbocycles. The van der Waals surface area contributed by atoms with Crippen molar-refractivity contribution in [1.29, 1.82) is 0 Å². The Morgan fingerprint density at radius 3 is 2.50 bits per heavy atom. The number of esters is 1. The molecule has 2 aromatic rings. The topological polar surface area (TPSA) is 160 Å². The van der Waals surface area contributed by atoms with Gasteiger partial charge in [-0.1, -0.05) is 49.7 Å². The van der Waals surface area contributed by atoms with Crippen LogP contribution in [-0.4, -0.2) is 57.7 Å². The molecule has 0 bridgehead atoms. The van der Waals surface area contributed by atoms with Gasteiger partial charge in [-0.05, 0) is 31.7 Å². The summed E-state index contributed by atoms with van der Waals surface area (Å²) in [5, 5.41) is 17.5. The molecule has 0 aliphatic rings. The van der Waals surface area contributed by atoms with Crippen LogP contribution in [0.4, 0.5) is 5.82 Å². The number of rotatable bonds is 13. The number of aliphatic carboxylic acids is 1. The number of ether oxygens (including phenoxy) is 1. The predicted molar refractivity (Wildman–Crippen MR) is 134 cm³/mol. The van der Waals surface area contributed by atoms with Crippen LogP contribution in [0.2, 0.25) is 0 Å². The summed E-state index contributed by atoms with van der Waals surface area (Å²) in [4.78, 5) is 58.1. The molecule has 0 radical (unpaired) electrons. The van der Waals surface area contributed by atoms with Crippen molar-refractivity contribution in [3.8, 4) is 0 Å². The number of carbonyl (C=O) groups is 4. The van der Waals surface area contributed by atoms with E-state index in [1.54, 1.807) is 43.5 Å². The maximum Gasteiger partial charge on any atom is 0.343 e. The summed E-state index contributed by atoms with van der Waals surface area (Å²) in [6.45, 7) is 3.69. The number of hydrogen-bond donors (Lipinski definition) is 4. The molecule has 0 spiro atoms. The van der Waals surface area contributed by atoms with Gasteiger partial charge >= 0.3 is 11.9 Å². The maximum atomic E-state index is 13.0. The van der Waals surface area contributed by atoms with E-state index in [4.69, 9.17) is 4.74 Å². The zero-order valence-electron chi connectivity index (χ0n) is 20.2. The molecule has 1 unspecified atom stereocenters. The van der Waals surface area contributed by atoms with E-state index in [1.165, 1.54) is 18.0 Å². The van der Waals surface area contributed by atoms with Crippen molar-refractivity contribution in [3.05, 3.63) is 59.6 Å². The number of carbonyl (C=O) groups excluding carboxylic acids is 3. The van der Waals surface area contributed by atoms with Crippen LogP contribution in [0.1, 0.15) is 53.8 Å². The fourth-order valence-corrected chi connectivity index (χ4v) is 3.26. The van der Waals surface area contributed by atoms with Crippen LogP contribution in [0.15, 0.2) is 53.6 Å². The lowest BCUT2D eigenvalue weighted by Gasteiger charge is -2.17. The summed E-state index contributed by atoms with van der Waals surface area (Å²) < 4.78 is 5.03. The third kappa shape index (κ3) is 8.38. The minimum atomic E-state index is -1.19. The third-order valence-electron chi connectivity index (χ3n) is 4.78. The molecule has 12 heteroatoms. The van der Waals surface area contributed by atoms with Gasteiger partial charge in [0.1, 0.15) is 23.1 Å². The molecule has 192 valence electrons. The van der Waals surface area contributed by atoms with Crippen LogP contribution < -0.4 is 16.0 Å². The molecule has 4 N–H and O–H groups in total. The van der Waals surface area contributed by atoms with E-state index in [0.29, 0.717) is 11.6 Å². The maximum absolute atomic E-state index is 13.0. The van der Waals surface area contributed by atoms with Crippen molar-refractivity contribution < 1.29 is 29.0 Å². The second kappa shape index (κ2) is 14.5. The van der Waals surface area contributed by atoms with E-state index in [2.05, 4.69) is 25.9 Å². The number of anilines is 1. The normalized spacial score (nSPS) is 11.8. The number of unbranched alkanes of at least 4 members (excludes halogenated alkanes) is 1. The summed E-state index contributed by atoms with van der Waals surface area (Å²) in [5.41, 5.74) is 0.0352. The fourth-order valence-electron chi connectivity index (χ4n) is 2.92. The first-order valence-electron chi connectivity index (χ1n) is 11.3. The second-order valence-corrected chi connectivity index (χ2v) is 8.14. The highest BCUT2D eigenvalue weighted by Gasteiger charge is 2.23. The van der Waals surface area contributed by atoms with Gasteiger partial charge in [-0.3, -0.25) is 9.59 Å². The molecule has 1 heterocycles. The Morgan fingerprint density at radius 1 is 1.17 bits per heavy atom. The van der Waals surface area contributed by atoms with Crippen molar-refractivity contribution in [2.24, 2.45) is 0 Å². The fraction of sp³-hybridized carbons (Fsp3) is 0.333. The van der Waals surface area contributed by atoms with E-state index in [9.17, 15) is 24.3 Å². The van der Waals surface area contributed by atoms with Crippen molar-refractivity contribution in [2.45, 2.75) is 44.3 Å². The van der Waals surface area contributed by atoms with Crippen molar-refractivity contribution in [1.82, 2.24) is 20.6 Å². The first kappa shape index (κ1) is 28.3. The zero-order chi connectivity index (χ0) is 26.5. The average Bonchev–Trinajstić information content (AvgIpc) is 2.88. The number of nitrogens with one attached hydrogen (secondary N) is 3. The van der Waals surface area contributed by atoms with Gasteiger partial charge in [-0.25, -0.2) is 19.6 Å². The second-order valence-electron chi connectivity index (χ2n) is 7.37. The minimum Gasteiger partial charge on any atom is -0.480 e. The van der Waals surface area contributed by atoms with Gasteiger partial charge in [0.2, 0.25) is 0 Å². The monoisotopic (exact) mass is 515 g/mol. The molecular formula is C24H29N5O6S. The Labute approximate surface area is 213 Å². The van der Waals surface area contributed by atoms with Gasteiger partial charge in [-0.2, -0.15) is 0 Å². The Bertz CT molecular complexity index is 1110. The number of aromatic nitrogens is 2. The van der Waals surface area contributed by atoms with Gasteiger partial charge in [0.05, 0.1) is 6.61 Å². The van der Waals surface area contributed by atoms with Crippen LogP contribution in [0.3, 0.4) is 0 Å². The molecule has 1 atom stereocenters. The molecule has 0 aliphatic carbocycles. The van der Waals surface area contributed by atoms with Crippen LogP contribution in [0, 0.1) is 0 Å². The lowest BCUT2D eigenvalue weighted by Crippen LogP contribution is -2.44. The average molecular weight is 516 g/mol. The first-order valence-corrected chi connectivity index (χ1v) is 12.5. The highest BCUT2D eigenvalue weighted by molar-refractivity contribution is 7.98. The number of benzene rings is 1. The Kier molecular flexibility index (Phi) is 11.4. The van der Waals surface area contributed by atoms with E-state index >= 15 is 0 Å². The van der Waals surface area contributed by atoms with Gasteiger partial charge < -0.3 is 25.8 Å². The lowest BCUT2D eigenvalue weighted by atomic mass is 10.1. The SMILES string of the molecule is CCCCC(NC(=O)/C(=C/Nc1nc(SC)ncc1C(=O)OCC)NC(=O)c1ccccc1)C(=O)O. The number of carboxylic acids is 1. The zero-order valence-corrected chi connectivity index (χ0v) is 21.1. The van der Waals surface area contributed by atoms with Gasteiger partial charge in [-0.15, -0.1) is 0 Å². The molecule has 2 amide bonds. The molecule has 2 rings (SSSR count). The Balaban J connectivity index is 2.40. The van der Waals surface area contributed by atoms with Crippen LogP contribution >= 0.6 is 11.8 Å². The van der Waals surface area contributed by atoms with Gasteiger partial charge in [0.15, 0.2) is 5.16 Å². The Morgan fingerprint density at radius 2 is 1.89 bits per heavy atom. The van der Waals surface area contributed by atoms with Crippen molar-refractivity contribution in [3.63, 3.8) is 0 Å².